The van der Waals surface area contributed by atoms with Crippen LogP contribution < -0.4 is 42.5 Å². The van der Waals surface area contributed by atoms with Gasteiger partial charge in [-0.05, 0) is 122 Å². The van der Waals surface area contributed by atoms with E-state index in [1.165, 1.54) is 66.7 Å². The number of carboxylic acids is 2. The van der Waals surface area contributed by atoms with Crippen LogP contribution in [0.1, 0.15) is 123 Å². The molecule has 126 heavy (non-hydrogen) atoms. The second kappa shape index (κ2) is 43.7. The molecule has 6 saturated heterocycles. The largest absolute Gasteiger partial charge is 0.605 e. The van der Waals surface area contributed by atoms with Crippen molar-refractivity contribution in [3.05, 3.63) is 135 Å². The van der Waals surface area contributed by atoms with Crippen LogP contribution in [0.25, 0.3) is 0 Å². The van der Waals surface area contributed by atoms with Crippen molar-refractivity contribution in [1.82, 2.24) is 47.4 Å². The average molecular weight is 1920 g/mol. The Kier molecular flexibility index (Phi) is 35.4. The van der Waals surface area contributed by atoms with Crippen LogP contribution in [0, 0.1) is 23.7 Å². The number of quaternary nitrogens is 3. The molecule has 4 aromatic rings. The standard InChI is InChI=1S/C38H46B2Cl4N6O12.C24H31BCl2N4O10.C14H19BCl2N2O4/c1-21(2)11-29(47-31(51)15-45-37(57)25-13-23(41)5-7-27(25)43)39-49(17-33(53)59-39,18-34(54)60-39)9-10-50-19-35(55)61-40(50,62-36(56)20-50)30(12-22(3)4)48-32(52)16-46-38(58)26-14-24(42)6-8-28(26)44;1-14(2)7-18(29-19(32)9-28-24(39)16-8-15(26)3-4-17(16)27)25-31(12-22(37)40-25,13-23(38)41-25)6-5-30(10-20(33)34)11-21(35)36;1-8(2)5-12(15(22)23)19-13(20)7-18-14(21)10-6-9(16)3-4-11(10)17/h5-8,13-14,21-22,29-30H,9-12,15-20H2,1-4H3,(H,45,57)(H,46,58)(H,47,51)(H,48,52);3-4,8,14,18H,5-7,9-13H2,1-2H3,(H,28,39)(H,29,32)(H,33,34)(H,35,36);3-4,6,8,12,22-23H,5,7H2,1-2H3,(H,18,21)(H,19,20)/t29-,30-,39?,40?,49?,50?;18-,25?,31?;12-/m000/s1. The normalized spacial score (nSPS) is 22.2. The van der Waals surface area contributed by atoms with Gasteiger partial charge < -0.3 is 104 Å². The van der Waals surface area contributed by atoms with Gasteiger partial charge in [-0.15, -0.1) is 0 Å². The number of benzene rings is 4. The Labute approximate surface area is 764 Å². The summed E-state index contributed by atoms with van der Waals surface area (Å²) in [5, 5.41) is 59.4. The lowest BCUT2D eigenvalue weighted by Gasteiger charge is -2.52. The van der Waals surface area contributed by atoms with Crippen LogP contribution in [0.15, 0.2) is 72.8 Å². The van der Waals surface area contributed by atoms with Crippen LogP contribution in [0.5, 0.6) is 0 Å². The minimum atomic E-state index is -3.04. The summed E-state index contributed by atoms with van der Waals surface area (Å²) < 4.78 is 34.1. The zero-order chi connectivity index (χ0) is 93.5. The maximum atomic E-state index is 13.6. The topological polar surface area (TPSA) is 509 Å². The summed E-state index contributed by atoms with van der Waals surface area (Å²) in [6.45, 7) is 0.476. The Hall–Kier alpha value is -9.26. The second-order valence-corrected chi connectivity index (χ2v) is 36.6. The Balaban J connectivity index is 0.000000262. The number of rotatable bonds is 38. The van der Waals surface area contributed by atoms with E-state index in [4.69, 9.17) is 121 Å². The van der Waals surface area contributed by atoms with Crippen LogP contribution in [-0.4, -0.2) is 289 Å². The molecule has 50 heteroatoms. The van der Waals surface area contributed by atoms with Crippen LogP contribution in [0.3, 0.4) is 0 Å². The first kappa shape index (κ1) is 102. The lowest BCUT2D eigenvalue weighted by Crippen LogP contribution is -2.77. The highest BCUT2D eigenvalue weighted by Crippen LogP contribution is 2.45. The summed E-state index contributed by atoms with van der Waals surface area (Å²) in [6, 6.07) is 17.3. The number of carboxylic acid groups (broad SMARTS) is 2. The van der Waals surface area contributed by atoms with Crippen molar-refractivity contribution in [3.63, 3.8) is 0 Å². The average Bonchev–Trinajstić information content (AvgIpc) is 1.56. The van der Waals surface area contributed by atoms with Gasteiger partial charge in [0, 0.05) is 26.6 Å². The van der Waals surface area contributed by atoms with Gasteiger partial charge in [-0.1, -0.05) is 148 Å². The maximum Gasteiger partial charge on any atom is 0.605 e. The van der Waals surface area contributed by atoms with E-state index in [-0.39, 0.29) is 177 Å². The summed E-state index contributed by atoms with van der Waals surface area (Å²) >= 11 is 48.1. The number of carbonyl (C=O) groups is 16. The monoisotopic (exact) mass is 1920 g/mol. The van der Waals surface area contributed by atoms with Crippen LogP contribution in [0.4, 0.5) is 0 Å². The van der Waals surface area contributed by atoms with Gasteiger partial charge in [-0.25, -0.2) is 0 Å². The van der Waals surface area contributed by atoms with Crippen molar-refractivity contribution in [2.45, 2.75) is 105 Å². The van der Waals surface area contributed by atoms with Crippen LogP contribution in [0.2, 0.25) is 40.2 Å². The van der Waals surface area contributed by atoms with E-state index in [9.17, 15) is 97.0 Å². The van der Waals surface area contributed by atoms with Gasteiger partial charge in [-0.2, -0.15) is 0 Å². The molecule has 0 radical (unpaired) electrons. The molecule has 6 heterocycles. The number of aliphatic carboxylic acids is 2. The summed E-state index contributed by atoms with van der Waals surface area (Å²) in [5.41, 5.74) is 0.302. The Morgan fingerprint density at radius 3 is 0.825 bits per heavy atom. The second-order valence-electron chi connectivity index (χ2n) is 33.3. The van der Waals surface area contributed by atoms with Gasteiger partial charge >= 0.3 is 74.9 Å². The minimum absolute atomic E-state index is 0.0405. The molecule has 6 aliphatic heterocycles. The van der Waals surface area contributed by atoms with E-state index in [1.807, 2.05) is 55.4 Å². The lowest BCUT2D eigenvalue weighted by atomic mass is 9.56. The van der Waals surface area contributed by atoms with Crippen molar-refractivity contribution < 1.29 is 138 Å². The number of nitrogens with zero attached hydrogens (tertiary/aromatic N) is 4. The lowest BCUT2D eigenvalue weighted by molar-refractivity contribution is -0.875. The molecule has 0 spiro atoms. The maximum absolute atomic E-state index is 13.6. The highest BCUT2D eigenvalue weighted by molar-refractivity contribution is 6.69. The number of halogens is 8. The number of fused-ring (bicyclic) bond motifs is 3. The zero-order valence-electron chi connectivity index (χ0n) is 69.6. The summed E-state index contributed by atoms with van der Waals surface area (Å²) in [7, 11) is -1.67. The van der Waals surface area contributed by atoms with Crippen LogP contribution in [-0.2, 0) is 85.5 Å². The first-order valence-electron chi connectivity index (χ1n) is 39.9. The molecule has 38 nitrogen and oxygen atoms in total. The minimum Gasteiger partial charge on any atom is -0.599 e. The highest BCUT2D eigenvalue weighted by Gasteiger charge is 2.75. The van der Waals surface area contributed by atoms with E-state index in [2.05, 4.69) is 42.5 Å². The van der Waals surface area contributed by atoms with E-state index >= 15 is 0 Å². The molecule has 4 atom stereocenters. The van der Waals surface area contributed by atoms with Crippen molar-refractivity contribution in [2.75, 3.05) is 105 Å². The van der Waals surface area contributed by atoms with Crippen LogP contribution >= 0.6 is 92.8 Å². The molecule has 10 rings (SSSR count). The van der Waals surface area contributed by atoms with Crippen molar-refractivity contribution in [3.8, 4) is 0 Å². The fraction of sp³-hybridized carbons (Fsp3) is 0.474. The summed E-state index contributed by atoms with van der Waals surface area (Å²) in [5.74, 6) is -16.0. The smallest absolute Gasteiger partial charge is 0.599 e. The SMILES string of the molecule is CC(C)C[C@H](NC(=O)CNC(=O)c1cc(Cl)ccc1Cl)B(O)O.CC(C)C[C@H](NC(=O)CNC(=O)c1cc(Cl)ccc1Cl)[B-]12OC(=O)C[N+]1(CCN(CC(=O)O)CC(=O)O)CC(=O)O2.CC(C)C[C@H](NC(=O)CNC(=O)c1cc(Cl)ccc1Cl)[B-]12OC(=O)C[N+]1(CC[N+]13CC(=O)O[B-]1([C@H](CC(C)C)NC(=O)CNC(=O)c1cc(Cl)ccc1Cl)OC(=O)C3)CC(=O)O2. The quantitative estimate of drug-likeness (QED) is 0.0284. The summed E-state index contributed by atoms with van der Waals surface area (Å²) in [4.78, 5) is 205. The van der Waals surface area contributed by atoms with Gasteiger partial charge in [0.05, 0.1) is 125 Å². The van der Waals surface area contributed by atoms with Gasteiger partial charge in [-0.3, -0.25) is 81.6 Å². The molecule has 0 aromatic heterocycles. The molecule has 12 N–H and O–H groups in total. The van der Waals surface area contributed by atoms with Crippen molar-refractivity contribution in [2.24, 2.45) is 23.7 Å². The van der Waals surface area contributed by atoms with E-state index in [0.717, 1.165) is 4.90 Å². The molecule has 8 amide bonds. The van der Waals surface area contributed by atoms with E-state index < -0.39 is 187 Å². The van der Waals surface area contributed by atoms with Crippen molar-refractivity contribution in [1.29, 1.82) is 0 Å². The molecule has 4 aromatic carbocycles. The number of hydrogen-bond acceptors (Lipinski definition) is 25. The summed E-state index contributed by atoms with van der Waals surface area (Å²) in [6.07, 6.45) is 0.950. The fourth-order valence-corrected chi connectivity index (χ4v) is 18.1. The van der Waals surface area contributed by atoms with Gasteiger partial charge in [0.2, 0.25) is 23.6 Å². The first-order chi connectivity index (χ1) is 59.0. The molecule has 684 valence electrons. The molecule has 6 fully saturated rings. The Morgan fingerprint density at radius 2 is 0.603 bits per heavy atom. The molecule has 0 aliphatic carbocycles. The first-order valence-corrected chi connectivity index (χ1v) is 43.0. The number of hydrogen-bond donors (Lipinski definition) is 12. The predicted molar refractivity (Wildman–Crippen MR) is 461 cm³/mol. The predicted octanol–water partition coefficient (Wildman–Crippen LogP) is 3.74. The number of carbonyl (C=O) groups excluding carboxylic acids is 14. The molecular formula is C76H96B4Cl8N12O26. The Morgan fingerprint density at radius 1 is 0.373 bits per heavy atom. The molecule has 0 unspecified atom stereocenters. The highest BCUT2D eigenvalue weighted by atomic mass is 35.5. The third-order valence-electron chi connectivity index (χ3n) is 21.8. The number of amides is 8. The van der Waals surface area contributed by atoms with Gasteiger partial charge in [0.25, 0.3) is 23.6 Å². The van der Waals surface area contributed by atoms with Gasteiger partial charge in [0.1, 0.15) is 39.3 Å². The Bertz CT molecular complexity index is 4660. The number of nitrogens with one attached hydrogen (secondary N) is 8. The third kappa shape index (κ3) is 25.6. The van der Waals surface area contributed by atoms with Gasteiger partial charge in [0.15, 0.2) is 0 Å². The molecule has 0 bridgehead atoms. The van der Waals surface area contributed by atoms with E-state index in [1.54, 1.807) is 6.07 Å². The fourth-order valence-electron chi connectivity index (χ4n) is 16.6. The molecular weight excluding hydrogens is 1820 g/mol. The zero-order valence-corrected chi connectivity index (χ0v) is 75.6. The van der Waals surface area contributed by atoms with Crippen molar-refractivity contribution >= 4 is 215 Å². The third-order valence-corrected chi connectivity index (χ3v) is 24.1. The van der Waals surface area contributed by atoms with E-state index in [0.29, 0.717) is 11.4 Å². The molecule has 6 aliphatic rings. The molecule has 0 saturated carbocycles.